The van der Waals surface area contributed by atoms with E-state index >= 15 is 0 Å². The quantitative estimate of drug-likeness (QED) is 0.213. The first-order valence-electron chi connectivity index (χ1n) is 7.93. The molecule has 7 N–H and O–H groups in total. The number of amides is 1. The van der Waals surface area contributed by atoms with E-state index in [1.165, 1.54) is 6.08 Å². The second-order valence-electron chi connectivity index (χ2n) is 5.45. The summed E-state index contributed by atoms with van der Waals surface area (Å²) in [5.41, 5.74) is 12.9. The number of amidine groups is 2. The molecule has 0 radical (unpaired) electrons. The van der Waals surface area contributed by atoms with Gasteiger partial charge in [-0.25, -0.2) is 0 Å². The van der Waals surface area contributed by atoms with Crippen molar-refractivity contribution in [1.29, 1.82) is 10.8 Å². The third-order valence-corrected chi connectivity index (χ3v) is 3.46. The highest BCUT2D eigenvalue weighted by molar-refractivity contribution is 5.96. The highest BCUT2D eigenvalue weighted by Gasteiger charge is 2.00. The van der Waals surface area contributed by atoms with Gasteiger partial charge in [0.25, 0.3) is 0 Å². The Morgan fingerprint density at radius 3 is 2.38 bits per heavy atom. The Morgan fingerprint density at radius 2 is 1.73 bits per heavy atom. The molecule has 134 valence electrons. The molecule has 0 unspecified atom stereocenters. The monoisotopic (exact) mass is 351 g/mol. The van der Waals surface area contributed by atoms with Gasteiger partial charge >= 0.3 is 0 Å². The van der Waals surface area contributed by atoms with Crippen molar-refractivity contribution in [3.63, 3.8) is 0 Å². The van der Waals surface area contributed by atoms with E-state index in [1.807, 2.05) is 0 Å². The van der Waals surface area contributed by atoms with Gasteiger partial charge in [-0.3, -0.25) is 15.6 Å². The number of hydrogen-bond acceptors (Lipinski definition) is 4. The minimum absolute atomic E-state index is 0.00659. The fourth-order valence-corrected chi connectivity index (χ4v) is 2.10. The summed E-state index contributed by atoms with van der Waals surface area (Å²) < 4.78 is 5.52. The van der Waals surface area contributed by atoms with Crippen LogP contribution >= 0.6 is 0 Å². The van der Waals surface area contributed by atoms with Crippen molar-refractivity contribution in [3.8, 4) is 5.75 Å². The predicted molar refractivity (Wildman–Crippen MR) is 102 cm³/mol. The van der Waals surface area contributed by atoms with Gasteiger partial charge in [0, 0.05) is 17.2 Å². The third-order valence-electron chi connectivity index (χ3n) is 3.46. The summed E-state index contributed by atoms with van der Waals surface area (Å²) in [5, 5.41) is 17.4. The van der Waals surface area contributed by atoms with Gasteiger partial charge in [0.1, 0.15) is 24.0 Å². The van der Waals surface area contributed by atoms with Gasteiger partial charge in [-0.2, -0.15) is 0 Å². The highest BCUT2D eigenvalue weighted by atomic mass is 16.5. The molecule has 0 aliphatic carbocycles. The van der Waals surface area contributed by atoms with Crippen LogP contribution in [0.1, 0.15) is 16.7 Å². The number of ether oxygens (including phenoxy) is 1. The molecule has 0 aliphatic rings. The van der Waals surface area contributed by atoms with Gasteiger partial charge in [0.2, 0.25) is 5.91 Å². The van der Waals surface area contributed by atoms with Crippen LogP contribution in [-0.4, -0.2) is 30.7 Å². The van der Waals surface area contributed by atoms with E-state index in [2.05, 4.69) is 5.32 Å². The van der Waals surface area contributed by atoms with Crippen LogP contribution in [-0.2, 0) is 4.79 Å². The van der Waals surface area contributed by atoms with E-state index in [0.29, 0.717) is 30.0 Å². The van der Waals surface area contributed by atoms with Crippen LogP contribution in [0.4, 0.5) is 0 Å². The summed E-state index contributed by atoms with van der Waals surface area (Å²) >= 11 is 0. The molecule has 0 aliphatic heterocycles. The lowest BCUT2D eigenvalue weighted by molar-refractivity contribution is -0.116. The highest BCUT2D eigenvalue weighted by Crippen LogP contribution is 2.12. The molecule has 2 aromatic carbocycles. The lowest BCUT2D eigenvalue weighted by Gasteiger charge is -2.08. The maximum Gasteiger partial charge on any atom is 0.244 e. The zero-order valence-corrected chi connectivity index (χ0v) is 14.2. The van der Waals surface area contributed by atoms with E-state index in [1.54, 1.807) is 54.6 Å². The van der Waals surface area contributed by atoms with Gasteiger partial charge < -0.3 is 21.5 Å². The SMILES string of the molecule is N=C(N)c1ccc(/C=C/C(=O)NCCOc2cccc(C(=N)N)c2)cc1. The Labute approximate surface area is 151 Å². The molecule has 0 bridgehead atoms. The van der Waals surface area contributed by atoms with Crippen molar-refractivity contribution in [1.82, 2.24) is 5.32 Å². The summed E-state index contributed by atoms with van der Waals surface area (Å²) in [5.74, 6) is 0.340. The van der Waals surface area contributed by atoms with Crippen LogP contribution < -0.4 is 21.5 Å². The van der Waals surface area contributed by atoms with Crippen LogP contribution in [0.2, 0.25) is 0 Å². The number of nitrogen functional groups attached to an aromatic ring is 2. The zero-order chi connectivity index (χ0) is 18.9. The fraction of sp³-hybridized carbons (Fsp3) is 0.105. The van der Waals surface area contributed by atoms with Crippen molar-refractivity contribution < 1.29 is 9.53 Å². The molecule has 0 heterocycles. The van der Waals surface area contributed by atoms with E-state index < -0.39 is 0 Å². The Hall–Kier alpha value is -3.61. The van der Waals surface area contributed by atoms with E-state index in [4.69, 9.17) is 27.0 Å². The molecule has 0 saturated carbocycles. The second kappa shape index (κ2) is 9.03. The van der Waals surface area contributed by atoms with Crippen molar-refractivity contribution in [2.45, 2.75) is 0 Å². The molecule has 0 fully saturated rings. The number of carbonyl (C=O) groups excluding carboxylic acids is 1. The number of benzene rings is 2. The van der Waals surface area contributed by atoms with Gasteiger partial charge in [-0.15, -0.1) is 0 Å². The number of nitrogens with one attached hydrogen (secondary N) is 3. The maximum absolute atomic E-state index is 11.8. The molecule has 0 spiro atoms. The number of rotatable bonds is 8. The molecule has 0 saturated heterocycles. The lowest BCUT2D eigenvalue weighted by Crippen LogP contribution is -2.26. The summed E-state index contributed by atoms with van der Waals surface area (Å²) in [6.07, 6.45) is 3.11. The van der Waals surface area contributed by atoms with Crippen LogP contribution in [0.15, 0.2) is 54.6 Å². The van der Waals surface area contributed by atoms with Gasteiger partial charge in [-0.05, 0) is 23.8 Å². The molecule has 0 aromatic heterocycles. The standard InChI is InChI=1S/C19H21N5O2/c20-18(21)14-7-4-13(5-8-14)6-9-17(25)24-10-11-26-16-3-1-2-15(12-16)19(22)23/h1-9,12H,10-11H2,(H3,20,21)(H3,22,23)(H,24,25)/b9-6+. The Kier molecular flexibility index (Phi) is 6.50. The van der Waals surface area contributed by atoms with Crippen LogP contribution in [0.25, 0.3) is 6.08 Å². The Morgan fingerprint density at radius 1 is 1.04 bits per heavy atom. The largest absolute Gasteiger partial charge is 0.492 e. The number of hydrogen-bond donors (Lipinski definition) is 5. The number of nitrogens with two attached hydrogens (primary N) is 2. The van der Waals surface area contributed by atoms with Crippen molar-refractivity contribution in [3.05, 3.63) is 71.3 Å². The topological polar surface area (TPSA) is 138 Å². The molecular weight excluding hydrogens is 330 g/mol. The smallest absolute Gasteiger partial charge is 0.244 e. The molecule has 0 atom stereocenters. The zero-order valence-electron chi connectivity index (χ0n) is 14.2. The average molecular weight is 351 g/mol. The molecular formula is C19H21N5O2. The normalized spacial score (nSPS) is 10.5. The minimum Gasteiger partial charge on any atom is -0.492 e. The van der Waals surface area contributed by atoms with Crippen LogP contribution in [0.3, 0.4) is 0 Å². The van der Waals surface area contributed by atoms with E-state index in [-0.39, 0.29) is 17.6 Å². The summed E-state index contributed by atoms with van der Waals surface area (Å²) in [6.45, 7) is 0.644. The molecule has 7 nitrogen and oxygen atoms in total. The maximum atomic E-state index is 11.8. The molecule has 7 heteroatoms. The lowest BCUT2D eigenvalue weighted by atomic mass is 10.1. The van der Waals surface area contributed by atoms with Gasteiger partial charge in [0.05, 0.1) is 6.54 Å². The summed E-state index contributed by atoms with van der Waals surface area (Å²) in [6, 6.07) is 13.9. The average Bonchev–Trinajstić information content (AvgIpc) is 2.64. The second-order valence-corrected chi connectivity index (χ2v) is 5.45. The molecule has 2 aromatic rings. The molecule has 2 rings (SSSR count). The third kappa shape index (κ3) is 5.79. The minimum atomic E-state index is -0.235. The Bertz CT molecular complexity index is 828. The van der Waals surface area contributed by atoms with Crippen molar-refractivity contribution in [2.75, 3.05) is 13.2 Å². The van der Waals surface area contributed by atoms with Gasteiger partial charge in [-0.1, -0.05) is 36.4 Å². The van der Waals surface area contributed by atoms with E-state index in [0.717, 1.165) is 5.56 Å². The first kappa shape index (κ1) is 18.7. The Balaban J connectivity index is 1.75. The first-order chi connectivity index (χ1) is 12.5. The van der Waals surface area contributed by atoms with Crippen LogP contribution in [0.5, 0.6) is 5.75 Å². The van der Waals surface area contributed by atoms with Crippen molar-refractivity contribution >= 4 is 23.7 Å². The summed E-state index contributed by atoms with van der Waals surface area (Å²) in [4.78, 5) is 11.8. The first-order valence-corrected chi connectivity index (χ1v) is 7.93. The summed E-state index contributed by atoms with van der Waals surface area (Å²) in [7, 11) is 0. The number of carbonyl (C=O) groups is 1. The molecule has 1 amide bonds. The predicted octanol–water partition coefficient (Wildman–Crippen LogP) is 1.46. The molecule has 26 heavy (non-hydrogen) atoms. The van der Waals surface area contributed by atoms with Crippen LogP contribution in [0, 0.1) is 10.8 Å². The van der Waals surface area contributed by atoms with Gasteiger partial charge in [0.15, 0.2) is 0 Å². The van der Waals surface area contributed by atoms with Crippen molar-refractivity contribution in [2.24, 2.45) is 11.5 Å². The fourth-order valence-electron chi connectivity index (χ4n) is 2.10. The van der Waals surface area contributed by atoms with E-state index in [9.17, 15) is 4.79 Å².